The van der Waals surface area contributed by atoms with Gasteiger partial charge >= 0.3 is 0 Å². The second kappa shape index (κ2) is 4.08. The third-order valence-electron chi connectivity index (χ3n) is 2.25. The first kappa shape index (κ1) is 9.64. The molecule has 2 aromatic rings. The van der Waals surface area contributed by atoms with E-state index in [-0.39, 0.29) is 0 Å². The van der Waals surface area contributed by atoms with Crippen molar-refractivity contribution in [1.29, 1.82) is 0 Å². The molecule has 3 N–H and O–H groups in total. The van der Waals surface area contributed by atoms with E-state index >= 15 is 0 Å². The van der Waals surface area contributed by atoms with E-state index < -0.39 is 0 Å². The standard InChI is InChI=1S/C10H13N5/c1-2-3-8-9(14-15-10(8)11)7-4-12-6-13-5-7/h4-6H,2-3H2,1H3,(H3,11,14,15). The molecule has 0 aliphatic rings. The quantitative estimate of drug-likeness (QED) is 0.790. The van der Waals surface area contributed by atoms with Crippen molar-refractivity contribution in [3.63, 3.8) is 0 Å². The SMILES string of the molecule is CCCc1c(N)n[nH]c1-c1cncnc1. The summed E-state index contributed by atoms with van der Waals surface area (Å²) < 4.78 is 0. The average molecular weight is 203 g/mol. The van der Waals surface area contributed by atoms with Crippen molar-refractivity contribution in [1.82, 2.24) is 20.2 Å². The molecule has 5 nitrogen and oxygen atoms in total. The maximum Gasteiger partial charge on any atom is 0.149 e. The van der Waals surface area contributed by atoms with Crippen LogP contribution in [0.15, 0.2) is 18.7 Å². The molecule has 0 saturated heterocycles. The summed E-state index contributed by atoms with van der Waals surface area (Å²) in [6.07, 6.45) is 6.94. The Kier molecular flexibility index (Phi) is 2.62. The molecular weight excluding hydrogens is 190 g/mol. The Bertz CT molecular complexity index is 434. The molecule has 0 radical (unpaired) electrons. The molecule has 0 spiro atoms. The van der Waals surface area contributed by atoms with E-state index in [0.29, 0.717) is 5.82 Å². The number of hydrogen-bond donors (Lipinski definition) is 2. The van der Waals surface area contributed by atoms with E-state index in [1.54, 1.807) is 12.4 Å². The molecule has 2 rings (SSSR count). The van der Waals surface area contributed by atoms with Crippen molar-refractivity contribution in [2.75, 3.05) is 5.73 Å². The summed E-state index contributed by atoms with van der Waals surface area (Å²) in [7, 11) is 0. The highest BCUT2D eigenvalue weighted by Gasteiger charge is 2.11. The van der Waals surface area contributed by atoms with E-state index in [9.17, 15) is 0 Å². The first-order valence-corrected chi connectivity index (χ1v) is 4.91. The van der Waals surface area contributed by atoms with E-state index in [0.717, 1.165) is 29.7 Å². The number of nitrogens with two attached hydrogens (primary N) is 1. The topological polar surface area (TPSA) is 80.5 Å². The highest BCUT2D eigenvalue weighted by Crippen LogP contribution is 2.24. The molecule has 0 unspecified atom stereocenters. The zero-order valence-corrected chi connectivity index (χ0v) is 8.57. The number of anilines is 1. The van der Waals surface area contributed by atoms with Crippen molar-refractivity contribution in [3.8, 4) is 11.3 Å². The van der Waals surface area contributed by atoms with Gasteiger partial charge in [-0.3, -0.25) is 5.10 Å². The van der Waals surface area contributed by atoms with Gasteiger partial charge < -0.3 is 5.73 Å². The Balaban J connectivity index is 2.44. The molecule has 0 fully saturated rings. The summed E-state index contributed by atoms with van der Waals surface area (Å²) in [5.41, 5.74) is 8.68. The molecule has 0 amide bonds. The molecule has 2 heterocycles. The second-order valence-corrected chi connectivity index (χ2v) is 3.34. The Morgan fingerprint density at radius 2 is 2.07 bits per heavy atom. The molecule has 0 atom stereocenters. The summed E-state index contributed by atoms with van der Waals surface area (Å²) in [5, 5.41) is 6.93. The first-order chi connectivity index (χ1) is 7.33. The van der Waals surface area contributed by atoms with Crippen LogP contribution in [0, 0.1) is 0 Å². The van der Waals surface area contributed by atoms with Crippen molar-refractivity contribution in [3.05, 3.63) is 24.3 Å². The van der Waals surface area contributed by atoms with Gasteiger partial charge in [-0.2, -0.15) is 5.10 Å². The van der Waals surface area contributed by atoms with Crippen LogP contribution in [0.4, 0.5) is 5.82 Å². The van der Waals surface area contributed by atoms with Crippen LogP contribution >= 0.6 is 0 Å². The van der Waals surface area contributed by atoms with Crippen LogP contribution in [0.3, 0.4) is 0 Å². The second-order valence-electron chi connectivity index (χ2n) is 3.34. The molecular formula is C10H13N5. The molecule has 0 aliphatic heterocycles. The Labute approximate surface area is 87.8 Å². The first-order valence-electron chi connectivity index (χ1n) is 4.91. The maximum atomic E-state index is 5.78. The van der Waals surface area contributed by atoms with Gasteiger partial charge in [-0.25, -0.2) is 9.97 Å². The summed E-state index contributed by atoms with van der Waals surface area (Å²) >= 11 is 0. The predicted octanol–water partition coefficient (Wildman–Crippen LogP) is 1.40. The van der Waals surface area contributed by atoms with Crippen molar-refractivity contribution in [2.45, 2.75) is 19.8 Å². The summed E-state index contributed by atoms with van der Waals surface area (Å²) in [6, 6.07) is 0. The fourth-order valence-electron chi connectivity index (χ4n) is 1.55. The Morgan fingerprint density at radius 1 is 1.33 bits per heavy atom. The highest BCUT2D eigenvalue weighted by molar-refractivity contribution is 5.66. The summed E-state index contributed by atoms with van der Waals surface area (Å²) in [5.74, 6) is 0.565. The smallest absolute Gasteiger partial charge is 0.149 e. The van der Waals surface area contributed by atoms with Crippen LogP contribution in [0.5, 0.6) is 0 Å². The Morgan fingerprint density at radius 3 is 2.73 bits per heavy atom. The molecule has 0 aromatic carbocycles. The van der Waals surface area contributed by atoms with Gasteiger partial charge in [0.25, 0.3) is 0 Å². The molecule has 2 aromatic heterocycles. The third-order valence-corrected chi connectivity index (χ3v) is 2.25. The largest absolute Gasteiger partial charge is 0.382 e. The van der Waals surface area contributed by atoms with E-state index in [2.05, 4.69) is 27.1 Å². The lowest BCUT2D eigenvalue weighted by Crippen LogP contribution is -1.93. The van der Waals surface area contributed by atoms with Gasteiger partial charge in [0.1, 0.15) is 12.1 Å². The van der Waals surface area contributed by atoms with Gasteiger partial charge in [-0.05, 0) is 6.42 Å². The van der Waals surface area contributed by atoms with E-state index in [1.807, 2.05) is 0 Å². The van der Waals surface area contributed by atoms with Crippen molar-refractivity contribution < 1.29 is 0 Å². The molecule has 5 heteroatoms. The van der Waals surface area contributed by atoms with Gasteiger partial charge in [0.05, 0.1) is 5.69 Å². The van der Waals surface area contributed by atoms with Gasteiger partial charge in [0, 0.05) is 23.5 Å². The van der Waals surface area contributed by atoms with Crippen LogP contribution in [-0.2, 0) is 6.42 Å². The van der Waals surface area contributed by atoms with Crippen LogP contribution in [0.25, 0.3) is 11.3 Å². The van der Waals surface area contributed by atoms with E-state index in [1.165, 1.54) is 6.33 Å². The molecule has 0 aliphatic carbocycles. The maximum absolute atomic E-state index is 5.78. The fraction of sp³-hybridized carbons (Fsp3) is 0.300. The number of rotatable bonds is 3. The number of aromatic nitrogens is 4. The summed E-state index contributed by atoms with van der Waals surface area (Å²) in [6.45, 7) is 2.11. The number of nitrogens with one attached hydrogen (secondary N) is 1. The van der Waals surface area contributed by atoms with Crippen LogP contribution < -0.4 is 5.73 Å². The number of hydrogen-bond acceptors (Lipinski definition) is 4. The van der Waals surface area contributed by atoms with Gasteiger partial charge in [0.15, 0.2) is 0 Å². The molecule has 0 bridgehead atoms. The molecule has 78 valence electrons. The minimum Gasteiger partial charge on any atom is -0.382 e. The highest BCUT2D eigenvalue weighted by atomic mass is 15.2. The zero-order valence-electron chi connectivity index (χ0n) is 8.57. The van der Waals surface area contributed by atoms with Crippen molar-refractivity contribution >= 4 is 5.82 Å². The van der Waals surface area contributed by atoms with Gasteiger partial charge in [0.2, 0.25) is 0 Å². The zero-order chi connectivity index (χ0) is 10.7. The predicted molar refractivity (Wildman–Crippen MR) is 58.0 cm³/mol. The molecule has 15 heavy (non-hydrogen) atoms. The van der Waals surface area contributed by atoms with Crippen LogP contribution in [0.1, 0.15) is 18.9 Å². The average Bonchev–Trinajstić information content (AvgIpc) is 2.63. The van der Waals surface area contributed by atoms with Gasteiger partial charge in [-0.1, -0.05) is 13.3 Å². The Hall–Kier alpha value is -1.91. The summed E-state index contributed by atoms with van der Waals surface area (Å²) in [4.78, 5) is 7.94. The van der Waals surface area contributed by atoms with Crippen LogP contribution in [0.2, 0.25) is 0 Å². The molecule has 0 saturated carbocycles. The fourth-order valence-corrected chi connectivity index (χ4v) is 1.55. The lowest BCUT2D eigenvalue weighted by atomic mass is 10.1. The monoisotopic (exact) mass is 203 g/mol. The van der Waals surface area contributed by atoms with Gasteiger partial charge in [-0.15, -0.1) is 0 Å². The van der Waals surface area contributed by atoms with E-state index in [4.69, 9.17) is 5.73 Å². The number of nitrogens with zero attached hydrogens (tertiary/aromatic N) is 3. The lowest BCUT2D eigenvalue weighted by Gasteiger charge is -2.01. The van der Waals surface area contributed by atoms with Crippen molar-refractivity contribution in [2.24, 2.45) is 0 Å². The lowest BCUT2D eigenvalue weighted by molar-refractivity contribution is 0.926. The minimum atomic E-state index is 0.565. The third kappa shape index (κ3) is 1.81. The normalized spacial score (nSPS) is 10.5. The number of aromatic amines is 1. The minimum absolute atomic E-state index is 0.565. The van der Waals surface area contributed by atoms with Crippen LogP contribution in [-0.4, -0.2) is 20.2 Å². The number of H-pyrrole nitrogens is 1. The number of nitrogen functional groups attached to an aromatic ring is 1.